The third-order valence-corrected chi connectivity index (χ3v) is 7.55. The molecular formula is C22H27N3O4S. The van der Waals surface area contributed by atoms with Gasteiger partial charge in [-0.3, -0.25) is 9.69 Å². The number of piperazine rings is 1. The van der Waals surface area contributed by atoms with Gasteiger partial charge in [-0.25, -0.2) is 8.42 Å². The number of ether oxygens (including phenoxy) is 1. The lowest BCUT2D eigenvalue weighted by Crippen LogP contribution is -2.57. The SMILES string of the molecule is CC(C)c1ccc2c(c1)NC(=O)CN1CCN(S(=O)(=O)c3ccccc3)C[C@H]1CO2. The molecule has 2 heterocycles. The van der Waals surface area contributed by atoms with E-state index in [4.69, 9.17) is 4.74 Å². The minimum Gasteiger partial charge on any atom is -0.490 e. The van der Waals surface area contributed by atoms with Crippen LogP contribution in [0.5, 0.6) is 5.75 Å². The van der Waals surface area contributed by atoms with Crippen LogP contribution in [0, 0.1) is 0 Å². The van der Waals surface area contributed by atoms with Gasteiger partial charge in [0.05, 0.1) is 23.2 Å². The zero-order valence-electron chi connectivity index (χ0n) is 17.2. The monoisotopic (exact) mass is 429 g/mol. The third-order valence-electron chi connectivity index (χ3n) is 5.67. The van der Waals surface area contributed by atoms with Crippen molar-refractivity contribution >= 4 is 21.6 Å². The van der Waals surface area contributed by atoms with E-state index in [1.165, 1.54) is 4.31 Å². The fourth-order valence-corrected chi connectivity index (χ4v) is 5.37. The Morgan fingerprint density at radius 2 is 1.87 bits per heavy atom. The maximum absolute atomic E-state index is 13.0. The molecule has 1 N–H and O–H groups in total. The Kier molecular flexibility index (Phi) is 5.81. The molecule has 0 saturated carbocycles. The van der Waals surface area contributed by atoms with Crippen LogP contribution in [0.4, 0.5) is 5.69 Å². The lowest BCUT2D eigenvalue weighted by atomic mass is 10.0. The average Bonchev–Trinajstić information content (AvgIpc) is 2.80. The van der Waals surface area contributed by atoms with Crippen molar-refractivity contribution in [2.24, 2.45) is 0 Å². The van der Waals surface area contributed by atoms with Crippen molar-refractivity contribution in [2.75, 3.05) is 38.1 Å². The van der Waals surface area contributed by atoms with Crippen molar-refractivity contribution in [3.8, 4) is 5.75 Å². The number of carbonyl (C=O) groups excluding carboxylic acids is 1. The molecule has 7 nitrogen and oxygen atoms in total. The van der Waals surface area contributed by atoms with Crippen LogP contribution in [0.25, 0.3) is 0 Å². The molecule has 0 spiro atoms. The Morgan fingerprint density at radius 1 is 1.10 bits per heavy atom. The van der Waals surface area contributed by atoms with Crippen LogP contribution in [0.1, 0.15) is 25.3 Å². The molecule has 2 aromatic rings. The summed E-state index contributed by atoms with van der Waals surface area (Å²) in [5.41, 5.74) is 1.79. The quantitative estimate of drug-likeness (QED) is 0.811. The summed E-state index contributed by atoms with van der Waals surface area (Å²) in [7, 11) is -3.58. The number of hydrogen-bond acceptors (Lipinski definition) is 5. The highest BCUT2D eigenvalue weighted by atomic mass is 32.2. The first-order valence-electron chi connectivity index (χ1n) is 10.2. The van der Waals surface area contributed by atoms with Gasteiger partial charge in [0.15, 0.2) is 0 Å². The number of sulfonamides is 1. The minimum atomic E-state index is -3.58. The first kappa shape index (κ1) is 20.8. The first-order valence-corrected chi connectivity index (χ1v) is 11.6. The van der Waals surface area contributed by atoms with Crippen molar-refractivity contribution in [3.63, 3.8) is 0 Å². The van der Waals surface area contributed by atoms with Gasteiger partial charge < -0.3 is 10.1 Å². The molecule has 8 heteroatoms. The van der Waals surface area contributed by atoms with Gasteiger partial charge >= 0.3 is 0 Å². The van der Waals surface area contributed by atoms with E-state index in [9.17, 15) is 13.2 Å². The molecular weight excluding hydrogens is 402 g/mol. The van der Waals surface area contributed by atoms with Crippen LogP contribution < -0.4 is 10.1 Å². The number of hydrogen-bond donors (Lipinski definition) is 1. The highest BCUT2D eigenvalue weighted by molar-refractivity contribution is 7.89. The van der Waals surface area contributed by atoms with Gasteiger partial charge in [0, 0.05) is 19.6 Å². The number of nitrogens with zero attached hydrogens (tertiary/aromatic N) is 2. The zero-order valence-corrected chi connectivity index (χ0v) is 18.1. The number of carbonyl (C=O) groups is 1. The Labute approximate surface area is 177 Å². The summed E-state index contributed by atoms with van der Waals surface area (Å²) in [6, 6.07) is 14.1. The first-order chi connectivity index (χ1) is 14.3. The lowest BCUT2D eigenvalue weighted by Gasteiger charge is -2.39. The summed E-state index contributed by atoms with van der Waals surface area (Å²) < 4.78 is 33.6. The number of amides is 1. The van der Waals surface area contributed by atoms with Gasteiger partial charge in [-0.2, -0.15) is 4.31 Å². The molecule has 4 rings (SSSR count). The summed E-state index contributed by atoms with van der Waals surface area (Å²) in [4.78, 5) is 14.9. The van der Waals surface area contributed by atoms with Crippen molar-refractivity contribution in [1.29, 1.82) is 0 Å². The normalized spacial score (nSPS) is 20.9. The second-order valence-corrected chi connectivity index (χ2v) is 10.0. The Bertz CT molecular complexity index is 1020. The van der Waals surface area contributed by atoms with E-state index in [1.807, 2.05) is 23.1 Å². The second-order valence-electron chi connectivity index (χ2n) is 8.07. The third kappa shape index (κ3) is 4.21. The number of anilines is 1. The zero-order chi connectivity index (χ0) is 21.3. The fourth-order valence-electron chi connectivity index (χ4n) is 3.88. The Hall–Kier alpha value is -2.42. The van der Waals surface area contributed by atoms with E-state index >= 15 is 0 Å². The molecule has 0 radical (unpaired) electrons. The van der Waals surface area contributed by atoms with Gasteiger partial charge in [0.25, 0.3) is 0 Å². The van der Waals surface area contributed by atoms with Crippen molar-refractivity contribution in [2.45, 2.75) is 30.7 Å². The van der Waals surface area contributed by atoms with Gasteiger partial charge in [-0.15, -0.1) is 0 Å². The largest absolute Gasteiger partial charge is 0.490 e. The van der Waals surface area contributed by atoms with Crippen LogP contribution in [-0.2, 0) is 14.8 Å². The van der Waals surface area contributed by atoms with Crippen LogP contribution >= 0.6 is 0 Å². The van der Waals surface area contributed by atoms with Crippen molar-refractivity contribution < 1.29 is 17.9 Å². The smallest absolute Gasteiger partial charge is 0.243 e. The molecule has 1 saturated heterocycles. The standard InChI is InChI=1S/C22H27N3O4S/c1-16(2)17-8-9-21-20(12-17)23-22(26)14-24-10-11-25(13-18(24)15-29-21)30(27,28)19-6-4-3-5-7-19/h3-9,12,16,18H,10-11,13-15H2,1-2H3,(H,23,26)/t18-/m0/s1. The predicted octanol–water partition coefficient (Wildman–Crippen LogP) is 2.52. The molecule has 0 unspecified atom stereocenters. The van der Waals surface area contributed by atoms with Gasteiger partial charge in [0.2, 0.25) is 15.9 Å². The summed E-state index contributed by atoms with van der Waals surface area (Å²) in [5.74, 6) is 0.826. The topological polar surface area (TPSA) is 79.0 Å². The maximum Gasteiger partial charge on any atom is 0.243 e. The Morgan fingerprint density at radius 3 is 2.60 bits per heavy atom. The number of nitrogens with one attached hydrogen (secondary N) is 1. The molecule has 1 amide bonds. The molecule has 1 fully saturated rings. The predicted molar refractivity (Wildman–Crippen MR) is 115 cm³/mol. The van der Waals surface area contributed by atoms with E-state index in [1.54, 1.807) is 30.3 Å². The highest BCUT2D eigenvalue weighted by Crippen LogP contribution is 2.31. The summed E-state index contributed by atoms with van der Waals surface area (Å²) in [5, 5.41) is 2.96. The second kappa shape index (κ2) is 8.37. The lowest BCUT2D eigenvalue weighted by molar-refractivity contribution is -0.118. The molecule has 1 atom stereocenters. The van der Waals surface area contributed by atoms with Crippen molar-refractivity contribution in [3.05, 3.63) is 54.1 Å². The van der Waals surface area contributed by atoms with E-state index in [-0.39, 0.29) is 29.9 Å². The molecule has 2 aromatic carbocycles. The maximum atomic E-state index is 13.0. The number of rotatable bonds is 3. The van der Waals surface area contributed by atoms with Gasteiger partial charge in [0.1, 0.15) is 12.4 Å². The van der Waals surface area contributed by atoms with Gasteiger partial charge in [-0.1, -0.05) is 38.1 Å². The number of benzene rings is 2. The summed E-state index contributed by atoms with van der Waals surface area (Å²) in [6.07, 6.45) is 0. The van der Waals surface area contributed by atoms with E-state index in [0.29, 0.717) is 37.1 Å². The van der Waals surface area contributed by atoms with Crippen LogP contribution in [-0.4, -0.2) is 62.4 Å². The van der Waals surface area contributed by atoms with Crippen LogP contribution in [0.2, 0.25) is 0 Å². The minimum absolute atomic E-state index is 0.118. The molecule has 30 heavy (non-hydrogen) atoms. The van der Waals surface area contributed by atoms with E-state index in [2.05, 4.69) is 19.2 Å². The van der Waals surface area contributed by atoms with E-state index in [0.717, 1.165) is 5.56 Å². The molecule has 2 aliphatic heterocycles. The summed E-state index contributed by atoms with van der Waals surface area (Å²) in [6.45, 7) is 5.81. The fraction of sp³-hybridized carbons (Fsp3) is 0.409. The molecule has 160 valence electrons. The highest BCUT2D eigenvalue weighted by Gasteiger charge is 2.36. The Balaban J connectivity index is 1.57. The number of fused-ring (bicyclic) bond motifs is 2. The average molecular weight is 430 g/mol. The molecule has 2 aliphatic rings. The molecule has 0 aliphatic carbocycles. The van der Waals surface area contributed by atoms with Gasteiger partial charge in [-0.05, 0) is 35.7 Å². The molecule has 0 aromatic heterocycles. The van der Waals surface area contributed by atoms with Crippen LogP contribution in [0.15, 0.2) is 53.4 Å². The van der Waals surface area contributed by atoms with E-state index < -0.39 is 10.0 Å². The summed E-state index contributed by atoms with van der Waals surface area (Å²) >= 11 is 0. The molecule has 0 bridgehead atoms. The van der Waals surface area contributed by atoms with Crippen LogP contribution in [0.3, 0.4) is 0 Å². The van der Waals surface area contributed by atoms with Crippen molar-refractivity contribution in [1.82, 2.24) is 9.21 Å².